The van der Waals surface area contributed by atoms with Crippen LogP contribution < -0.4 is 5.32 Å². The fourth-order valence-electron chi connectivity index (χ4n) is 0.660. The predicted octanol–water partition coefficient (Wildman–Crippen LogP) is 0.405. The largest absolute Gasteiger partial charge is 0.447 e. The second-order valence-electron chi connectivity index (χ2n) is 1.85. The zero-order valence-corrected chi connectivity index (χ0v) is 5.15. The van der Waals surface area contributed by atoms with Gasteiger partial charge >= 0.3 is 6.09 Å². The number of carbonyl (C=O) groups excluding carboxylic acids is 1. The van der Waals surface area contributed by atoms with Crippen LogP contribution in [0.1, 0.15) is 0 Å². The lowest BCUT2D eigenvalue weighted by atomic mass is 10.3. The Hall–Kier alpha value is -1.42. The number of hydrogen-bond acceptors (Lipinski definition) is 3. The Morgan fingerprint density at radius 1 is 2.00 bits per heavy atom. The first-order valence-corrected chi connectivity index (χ1v) is 2.77. The number of nitrogens with one attached hydrogen (secondary N) is 1. The van der Waals surface area contributed by atoms with Crippen LogP contribution >= 0.6 is 0 Å². The average Bonchev–Trinajstić information content (AvgIpc) is 2.31. The molecule has 0 aliphatic carbocycles. The summed E-state index contributed by atoms with van der Waals surface area (Å²) < 4.78 is 4.53. The molecule has 54 valence electrons. The molecule has 1 fully saturated rings. The molecule has 0 bridgehead atoms. The SMILES string of the molecule is [N-]=[N+]=NCC1COC(=O)N1. The van der Waals surface area contributed by atoms with E-state index in [1.54, 1.807) is 0 Å². The van der Waals surface area contributed by atoms with Gasteiger partial charge in [-0.15, -0.1) is 0 Å². The maximum absolute atomic E-state index is 10.3. The van der Waals surface area contributed by atoms with Crippen LogP contribution in [0, 0.1) is 0 Å². The van der Waals surface area contributed by atoms with Gasteiger partial charge in [0.05, 0.1) is 6.04 Å². The third-order valence-corrected chi connectivity index (χ3v) is 1.10. The standard InChI is InChI=1S/C4H6N4O2/c5-8-6-1-3-2-10-4(9)7-3/h3H,1-2H2,(H,7,9). The Bertz CT molecular complexity index is 186. The molecular weight excluding hydrogens is 136 g/mol. The molecule has 1 aliphatic rings. The van der Waals surface area contributed by atoms with E-state index in [4.69, 9.17) is 5.53 Å². The molecule has 1 unspecified atom stereocenters. The van der Waals surface area contributed by atoms with Gasteiger partial charge in [0.1, 0.15) is 6.61 Å². The Kier molecular flexibility index (Phi) is 1.96. The van der Waals surface area contributed by atoms with Crippen molar-refractivity contribution < 1.29 is 9.53 Å². The number of cyclic esters (lactones) is 1. The smallest absolute Gasteiger partial charge is 0.407 e. The highest BCUT2D eigenvalue weighted by molar-refractivity contribution is 5.69. The maximum atomic E-state index is 10.3. The molecule has 6 nitrogen and oxygen atoms in total. The summed E-state index contributed by atoms with van der Waals surface area (Å²) in [6.07, 6.45) is -0.446. The summed E-state index contributed by atoms with van der Waals surface area (Å²) in [7, 11) is 0. The van der Waals surface area contributed by atoms with E-state index in [0.717, 1.165) is 0 Å². The van der Waals surface area contributed by atoms with Crippen molar-refractivity contribution in [3.63, 3.8) is 0 Å². The molecule has 0 aromatic heterocycles. The van der Waals surface area contributed by atoms with Crippen LogP contribution in [0.3, 0.4) is 0 Å². The van der Waals surface area contributed by atoms with Gasteiger partial charge in [-0.2, -0.15) is 0 Å². The van der Waals surface area contributed by atoms with Gasteiger partial charge in [-0.05, 0) is 5.53 Å². The first kappa shape index (κ1) is 6.70. The van der Waals surface area contributed by atoms with Crippen molar-refractivity contribution in [1.82, 2.24) is 5.32 Å². The molecule has 1 N–H and O–H groups in total. The second-order valence-corrected chi connectivity index (χ2v) is 1.85. The second kappa shape index (κ2) is 2.93. The van der Waals surface area contributed by atoms with E-state index in [2.05, 4.69) is 20.1 Å². The summed E-state index contributed by atoms with van der Waals surface area (Å²) in [5.41, 5.74) is 7.90. The molecule has 1 atom stereocenters. The number of rotatable bonds is 2. The lowest BCUT2D eigenvalue weighted by Crippen LogP contribution is -2.28. The highest BCUT2D eigenvalue weighted by Crippen LogP contribution is 1.97. The summed E-state index contributed by atoms with van der Waals surface area (Å²) in [5, 5.41) is 5.74. The first-order valence-electron chi connectivity index (χ1n) is 2.77. The highest BCUT2D eigenvalue weighted by atomic mass is 16.6. The quantitative estimate of drug-likeness (QED) is 0.343. The molecule has 10 heavy (non-hydrogen) atoms. The van der Waals surface area contributed by atoms with Gasteiger partial charge in [0, 0.05) is 11.5 Å². The summed E-state index contributed by atoms with van der Waals surface area (Å²) in [6.45, 7) is 0.542. The minimum Gasteiger partial charge on any atom is -0.447 e. The van der Waals surface area contributed by atoms with Crippen LogP contribution in [0.5, 0.6) is 0 Å². The summed E-state index contributed by atoms with van der Waals surface area (Å²) in [5.74, 6) is 0. The fourth-order valence-corrected chi connectivity index (χ4v) is 0.660. The maximum Gasteiger partial charge on any atom is 0.407 e. The number of nitrogens with zero attached hydrogens (tertiary/aromatic N) is 3. The average molecular weight is 142 g/mol. The molecule has 1 saturated heterocycles. The zero-order valence-electron chi connectivity index (χ0n) is 5.15. The van der Waals surface area contributed by atoms with E-state index >= 15 is 0 Å². The molecule has 0 saturated carbocycles. The molecule has 1 aliphatic heterocycles. The molecule has 0 aromatic rings. The lowest BCUT2D eigenvalue weighted by Gasteiger charge is -1.98. The van der Waals surface area contributed by atoms with Crippen molar-refractivity contribution in [2.75, 3.05) is 13.2 Å². The van der Waals surface area contributed by atoms with Gasteiger partial charge in [0.15, 0.2) is 0 Å². The van der Waals surface area contributed by atoms with E-state index in [1.807, 2.05) is 0 Å². The minimum atomic E-state index is -0.446. The third-order valence-electron chi connectivity index (χ3n) is 1.10. The zero-order chi connectivity index (χ0) is 7.40. The van der Waals surface area contributed by atoms with Crippen LogP contribution in [0.2, 0.25) is 0 Å². The monoisotopic (exact) mass is 142 g/mol. The molecular formula is C4H6N4O2. The van der Waals surface area contributed by atoms with Crippen LogP contribution in [-0.2, 0) is 4.74 Å². The summed E-state index contributed by atoms with van der Waals surface area (Å²) >= 11 is 0. The Labute approximate surface area is 56.8 Å². The molecule has 0 radical (unpaired) electrons. The number of hydrogen-bond donors (Lipinski definition) is 1. The number of ether oxygens (including phenoxy) is 1. The van der Waals surface area contributed by atoms with Crippen LogP contribution in [0.25, 0.3) is 10.4 Å². The third kappa shape index (κ3) is 1.53. The van der Waals surface area contributed by atoms with Crippen molar-refractivity contribution in [1.29, 1.82) is 0 Å². The van der Waals surface area contributed by atoms with Gasteiger partial charge in [0.2, 0.25) is 0 Å². The van der Waals surface area contributed by atoms with Crippen molar-refractivity contribution in [3.05, 3.63) is 10.4 Å². The van der Waals surface area contributed by atoms with E-state index in [1.165, 1.54) is 0 Å². The van der Waals surface area contributed by atoms with Crippen molar-refractivity contribution in [2.45, 2.75) is 6.04 Å². The van der Waals surface area contributed by atoms with Gasteiger partial charge < -0.3 is 10.1 Å². The van der Waals surface area contributed by atoms with E-state index in [9.17, 15) is 4.79 Å². The molecule has 1 amide bonds. The molecule has 6 heteroatoms. The van der Waals surface area contributed by atoms with Crippen LogP contribution in [0.15, 0.2) is 5.11 Å². The number of amides is 1. The van der Waals surface area contributed by atoms with Gasteiger partial charge in [-0.1, -0.05) is 5.11 Å². The lowest BCUT2D eigenvalue weighted by molar-refractivity contribution is 0.177. The molecule has 1 rings (SSSR count). The normalized spacial score (nSPS) is 22.8. The van der Waals surface area contributed by atoms with Gasteiger partial charge in [-0.25, -0.2) is 4.79 Å². The van der Waals surface area contributed by atoms with Gasteiger partial charge in [-0.3, -0.25) is 0 Å². The molecule has 1 heterocycles. The topological polar surface area (TPSA) is 87.1 Å². The van der Waals surface area contributed by atoms with Gasteiger partial charge in [0.25, 0.3) is 0 Å². The predicted molar refractivity (Wildman–Crippen MR) is 32.3 cm³/mol. The van der Waals surface area contributed by atoms with Crippen LogP contribution in [0.4, 0.5) is 4.79 Å². The molecule has 0 spiro atoms. The Morgan fingerprint density at radius 2 is 2.80 bits per heavy atom. The van der Waals surface area contributed by atoms with Crippen molar-refractivity contribution >= 4 is 6.09 Å². The van der Waals surface area contributed by atoms with Crippen LogP contribution in [-0.4, -0.2) is 25.3 Å². The Balaban J connectivity index is 2.31. The minimum absolute atomic E-state index is 0.150. The van der Waals surface area contributed by atoms with Crippen molar-refractivity contribution in [3.8, 4) is 0 Å². The molecule has 0 aromatic carbocycles. The number of alkyl carbamates (subject to hydrolysis) is 1. The van der Waals surface area contributed by atoms with Crippen molar-refractivity contribution in [2.24, 2.45) is 5.11 Å². The number of carbonyl (C=O) groups is 1. The van der Waals surface area contributed by atoms with E-state index < -0.39 is 6.09 Å². The number of azide groups is 1. The van der Waals surface area contributed by atoms with E-state index in [-0.39, 0.29) is 19.2 Å². The van der Waals surface area contributed by atoms with E-state index in [0.29, 0.717) is 0 Å². The fraction of sp³-hybridized carbons (Fsp3) is 0.750. The first-order chi connectivity index (χ1) is 4.83. The summed E-state index contributed by atoms with van der Waals surface area (Å²) in [4.78, 5) is 12.9. The highest BCUT2D eigenvalue weighted by Gasteiger charge is 2.20. The Morgan fingerprint density at radius 3 is 3.30 bits per heavy atom. The summed E-state index contributed by atoms with van der Waals surface area (Å²) in [6, 6.07) is -0.150.